The summed E-state index contributed by atoms with van der Waals surface area (Å²) in [4.78, 5) is 15.6. The third kappa shape index (κ3) is 2.96. The normalized spacial score (nSPS) is 25.0. The van der Waals surface area contributed by atoms with E-state index in [4.69, 9.17) is 5.73 Å². The predicted molar refractivity (Wildman–Crippen MR) is 56.9 cm³/mol. The highest BCUT2D eigenvalue weighted by atomic mass is 16.2. The van der Waals surface area contributed by atoms with Crippen LogP contribution in [0.4, 0.5) is 0 Å². The summed E-state index contributed by atoms with van der Waals surface area (Å²) >= 11 is 0. The van der Waals surface area contributed by atoms with Gasteiger partial charge in [-0.15, -0.1) is 0 Å². The third-order valence-corrected chi connectivity index (χ3v) is 2.79. The van der Waals surface area contributed by atoms with Crippen LogP contribution in [0.25, 0.3) is 0 Å². The van der Waals surface area contributed by atoms with Crippen LogP contribution >= 0.6 is 0 Å². The average molecular weight is 199 g/mol. The highest BCUT2D eigenvalue weighted by Gasteiger charge is 2.23. The van der Waals surface area contributed by atoms with Gasteiger partial charge in [0.1, 0.15) is 0 Å². The Balaban J connectivity index is 2.33. The molecule has 1 rings (SSSR count). The van der Waals surface area contributed by atoms with Crippen LogP contribution in [-0.2, 0) is 4.79 Å². The highest BCUT2D eigenvalue weighted by Crippen LogP contribution is 2.15. The first-order valence-electron chi connectivity index (χ1n) is 5.19. The molecule has 0 aromatic rings. The van der Waals surface area contributed by atoms with E-state index in [0.717, 1.165) is 19.6 Å². The lowest BCUT2D eigenvalue weighted by Gasteiger charge is -2.22. The number of hydrogen-bond donors (Lipinski definition) is 1. The number of nitrogens with zero attached hydrogens (tertiary/aromatic N) is 2. The van der Waals surface area contributed by atoms with Gasteiger partial charge in [-0.1, -0.05) is 0 Å². The number of likely N-dealkylation sites (tertiary alicyclic amines) is 1. The maximum absolute atomic E-state index is 11.5. The molecule has 4 heteroatoms. The van der Waals surface area contributed by atoms with Crippen molar-refractivity contribution >= 4 is 5.91 Å². The molecule has 0 aromatic carbocycles. The number of nitrogens with two attached hydrogens (primary N) is 1. The molecule has 0 bridgehead atoms. The van der Waals surface area contributed by atoms with Gasteiger partial charge in [0.05, 0.1) is 6.04 Å². The minimum atomic E-state index is -0.376. The second-order valence-electron chi connectivity index (χ2n) is 4.42. The molecule has 0 saturated carbocycles. The van der Waals surface area contributed by atoms with Gasteiger partial charge in [-0.25, -0.2) is 0 Å². The summed E-state index contributed by atoms with van der Waals surface area (Å²) in [6, 6.07) is -0.376. The Morgan fingerprint density at radius 2 is 2.36 bits per heavy atom. The van der Waals surface area contributed by atoms with Crippen LogP contribution in [0.2, 0.25) is 0 Å². The molecule has 1 saturated heterocycles. The van der Waals surface area contributed by atoms with Crippen molar-refractivity contribution in [3.05, 3.63) is 0 Å². The Bertz CT molecular complexity index is 206. The Morgan fingerprint density at radius 1 is 1.71 bits per heavy atom. The van der Waals surface area contributed by atoms with Gasteiger partial charge in [0.2, 0.25) is 5.91 Å². The maximum atomic E-state index is 11.5. The number of carbonyl (C=O) groups excluding carboxylic acids is 1. The fourth-order valence-corrected chi connectivity index (χ4v) is 2.00. The second kappa shape index (κ2) is 4.75. The fraction of sp³-hybridized carbons (Fsp3) is 0.900. The first kappa shape index (κ1) is 11.5. The Hall–Kier alpha value is -0.610. The molecule has 2 N–H and O–H groups in total. The zero-order valence-corrected chi connectivity index (χ0v) is 9.36. The van der Waals surface area contributed by atoms with E-state index < -0.39 is 0 Å². The molecule has 0 radical (unpaired) electrons. The van der Waals surface area contributed by atoms with Crippen LogP contribution in [0.3, 0.4) is 0 Å². The summed E-state index contributed by atoms with van der Waals surface area (Å²) in [7, 11) is 3.96. The molecule has 1 fully saturated rings. The summed E-state index contributed by atoms with van der Waals surface area (Å²) in [6.07, 6.45) is 1.19. The average Bonchev–Trinajstić information content (AvgIpc) is 2.49. The van der Waals surface area contributed by atoms with Crippen molar-refractivity contribution in [2.24, 2.45) is 11.7 Å². The molecule has 1 heterocycles. The molecule has 0 aromatic heterocycles. The van der Waals surface area contributed by atoms with E-state index >= 15 is 0 Å². The number of likely N-dealkylation sites (N-methyl/N-ethyl adjacent to an activating group) is 1. The van der Waals surface area contributed by atoms with Crippen LogP contribution in [-0.4, -0.2) is 55.5 Å². The fourth-order valence-electron chi connectivity index (χ4n) is 2.00. The van der Waals surface area contributed by atoms with E-state index in [0.29, 0.717) is 5.92 Å². The molecule has 1 amide bonds. The maximum Gasteiger partial charge on any atom is 0.238 e. The molecular formula is C10H21N3O. The van der Waals surface area contributed by atoms with Gasteiger partial charge in [-0.3, -0.25) is 4.79 Å². The number of carbonyl (C=O) groups is 1. The molecule has 0 spiro atoms. The molecule has 2 unspecified atom stereocenters. The van der Waals surface area contributed by atoms with Gasteiger partial charge >= 0.3 is 0 Å². The van der Waals surface area contributed by atoms with Crippen LogP contribution in [0.5, 0.6) is 0 Å². The Kier molecular flexibility index (Phi) is 3.89. The first-order chi connectivity index (χ1) is 6.50. The summed E-state index contributed by atoms with van der Waals surface area (Å²) in [6.45, 7) is 4.81. The van der Waals surface area contributed by atoms with Gasteiger partial charge in [0, 0.05) is 20.1 Å². The molecule has 0 aliphatic carbocycles. The second-order valence-corrected chi connectivity index (χ2v) is 4.42. The van der Waals surface area contributed by atoms with E-state index in [1.165, 1.54) is 6.42 Å². The summed E-state index contributed by atoms with van der Waals surface area (Å²) in [5.41, 5.74) is 5.54. The van der Waals surface area contributed by atoms with Gasteiger partial charge in [-0.2, -0.15) is 0 Å². The first-order valence-corrected chi connectivity index (χ1v) is 5.19. The molecule has 2 atom stereocenters. The monoisotopic (exact) mass is 199 g/mol. The topological polar surface area (TPSA) is 49.6 Å². The van der Waals surface area contributed by atoms with Crippen molar-refractivity contribution in [1.82, 2.24) is 9.80 Å². The number of rotatable bonds is 3. The van der Waals surface area contributed by atoms with Gasteiger partial charge in [-0.05, 0) is 32.9 Å². The van der Waals surface area contributed by atoms with E-state index in [2.05, 4.69) is 11.9 Å². The van der Waals surface area contributed by atoms with E-state index in [9.17, 15) is 4.79 Å². The van der Waals surface area contributed by atoms with E-state index in [1.54, 1.807) is 11.8 Å². The zero-order chi connectivity index (χ0) is 10.7. The molecule has 4 nitrogen and oxygen atoms in total. The minimum absolute atomic E-state index is 0.0413. The van der Waals surface area contributed by atoms with Crippen molar-refractivity contribution in [2.45, 2.75) is 19.4 Å². The zero-order valence-electron chi connectivity index (χ0n) is 9.36. The van der Waals surface area contributed by atoms with Crippen LogP contribution in [0, 0.1) is 5.92 Å². The third-order valence-electron chi connectivity index (χ3n) is 2.79. The molecule has 1 aliphatic rings. The largest absolute Gasteiger partial charge is 0.344 e. The van der Waals surface area contributed by atoms with Gasteiger partial charge in [0.25, 0.3) is 0 Å². The highest BCUT2D eigenvalue weighted by molar-refractivity contribution is 5.80. The molecule has 14 heavy (non-hydrogen) atoms. The standard InChI is InChI=1S/C10H21N3O/c1-8(11)10(14)13(3)7-9-4-5-12(2)6-9/h8-9H,4-7,11H2,1-3H3. The van der Waals surface area contributed by atoms with Crippen molar-refractivity contribution in [3.63, 3.8) is 0 Å². The molecule has 82 valence electrons. The number of amides is 1. The quantitative estimate of drug-likeness (QED) is 0.681. The minimum Gasteiger partial charge on any atom is -0.344 e. The van der Waals surface area contributed by atoms with E-state index in [-0.39, 0.29) is 11.9 Å². The van der Waals surface area contributed by atoms with Crippen molar-refractivity contribution in [3.8, 4) is 0 Å². The lowest BCUT2D eigenvalue weighted by molar-refractivity contribution is -0.131. The van der Waals surface area contributed by atoms with Crippen molar-refractivity contribution < 1.29 is 4.79 Å². The summed E-state index contributed by atoms with van der Waals surface area (Å²) in [5, 5.41) is 0. The van der Waals surface area contributed by atoms with E-state index in [1.807, 2.05) is 7.05 Å². The van der Waals surface area contributed by atoms with Crippen LogP contribution < -0.4 is 5.73 Å². The predicted octanol–water partition coefficient (Wildman–Crippen LogP) is -0.256. The summed E-state index contributed by atoms with van der Waals surface area (Å²) < 4.78 is 0. The molecular weight excluding hydrogens is 178 g/mol. The van der Waals surface area contributed by atoms with Gasteiger partial charge in [0.15, 0.2) is 0 Å². The number of hydrogen-bond acceptors (Lipinski definition) is 3. The van der Waals surface area contributed by atoms with Crippen molar-refractivity contribution in [1.29, 1.82) is 0 Å². The summed E-state index contributed by atoms with van der Waals surface area (Å²) in [5.74, 6) is 0.659. The smallest absolute Gasteiger partial charge is 0.238 e. The SMILES string of the molecule is CC(N)C(=O)N(C)CC1CCN(C)C1. The lowest BCUT2D eigenvalue weighted by Crippen LogP contribution is -2.42. The van der Waals surface area contributed by atoms with Gasteiger partial charge < -0.3 is 15.5 Å². The molecule has 1 aliphatic heterocycles. The Morgan fingerprint density at radius 3 is 2.79 bits per heavy atom. The van der Waals surface area contributed by atoms with Crippen LogP contribution in [0.15, 0.2) is 0 Å². The Labute approximate surface area is 86.0 Å². The lowest BCUT2D eigenvalue weighted by atomic mass is 10.1. The van der Waals surface area contributed by atoms with Crippen molar-refractivity contribution in [2.75, 3.05) is 33.7 Å². The van der Waals surface area contributed by atoms with Crippen LogP contribution in [0.1, 0.15) is 13.3 Å².